The zero-order valence-corrected chi connectivity index (χ0v) is 9.16. The van der Waals surface area contributed by atoms with Crippen LogP contribution in [0.1, 0.15) is 5.56 Å². The smallest absolute Gasteiger partial charge is 0.143 e. The van der Waals surface area contributed by atoms with Gasteiger partial charge < -0.3 is 5.73 Å². The average molecular weight is 217 g/mol. The van der Waals surface area contributed by atoms with Crippen LogP contribution in [-0.4, -0.2) is 9.97 Å². The van der Waals surface area contributed by atoms with Crippen molar-refractivity contribution in [3.05, 3.63) is 42.2 Å². The third kappa shape index (κ3) is 2.70. The second-order valence-electron chi connectivity index (χ2n) is 3.20. The number of nitrogens with two attached hydrogens (primary N) is 1. The molecule has 3 nitrogen and oxygen atoms in total. The molecule has 0 aliphatic rings. The van der Waals surface area contributed by atoms with Crippen LogP contribution >= 0.6 is 11.8 Å². The summed E-state index contributed by atoms with van der Waals surface area (Å²) in [7, 11) is 0. The lowest BCUT2D eigenvalue weighted by Crippen LogP contribution is -1.92. The Balaban J connectivity index is 2.18. The zero-order chi connectivity index (χ0) is 10.7. The van der Waals surface area contributed by atoms with Gasteiger partial charge in [0.25, 0.3) is 0 Å². The summed E-state index contributed by atoms with van der Waals surface area (Å²) in [5, 5.41) is 0.818. The molecule has 0 aliphatic carbocycles. The van der Waals surface area contributed by atoms with Crippen LogP contribution in [0.5, 0.6) is 0 Å². The highest BCUT2D eigenvalue weighted by atomic mass is 32.2. The first-order valence-electron chi connectivity index (χ1n) is 4.56. The van der Waals surface area contributed by atoms with Gasteiger partial charge in [0.2, 0.25) is 0 Å². The molecule has 4 heteroatoms. The van der Waals surface area contributed by atoms with Crippen molar-refractivity contribution in [3.63, 3.8) is 0 Å². The minimum absolute atomic E-state index is 0.451. The van der Waals surface area contributed by atoms with E-state index >= 15 is 0 Å². The lowest BCUT2D eigenvalue weighted by Gasteiger charge is -2.01. The molecule has 0 radical (unpaired) electrons. The van der Waals surface area contributed by atoms with E-state index in [0.717, 1.165) is 9.92 Å². The summed E-state index contributed by atoms with van der Waals surface area (Å²) in [6.07, 6.45) is 3.25. The summed E-state index contributed by atoms with van der Waals surface area (Å²) < 4.78 is 0. The number of benzene rings is 1. The van der Waals surface area contributed by atoms with Crippen molar-refractivity contribution in [2.75, 3.05) is 5.73 Å². The Kier molecular flexibility index (Phi) is 2.87. The van der Waals surface area contributed by atoms with Crippen LogP contribution in [0.15, 0.2) is 46.6 Å². The summed E-state index contributed by atoms with van der Waals surface area (Å²) >= 11 is 1.56. The molecular formula is C11H11N3S. The largest absolute Gasteiger partial charge is 0.382 e. The maximum Gasteiger partial charge on any atom is 0.143 e. The monoisotopic (exact) mass is 217 g/mol. The van der Waals surface area contributed by atoms with E-state index in [1.165, 1.54) is 5.56 Å². The molecule has 2 N–H and O–H groups in total. The normalized spacial score (nSPS) is 10.2. The highest BCUT2D eigenvalue weighted by molar-refractivity contribution is 7.99. The number of rotatable bonds is 2. The minimum Gasteiger partial charge on any atom is -0.382 e. The molecule has 0 saturated heterocycles. The van der Waals surface area contributed by atoms with Gasteiger partial charge in [0, 0.05) is 4.90 Å². The second-order valence-corrected chi connectivity index (χ2v) is 4.29. The summed E-state index contributed by atoms with van der Waals surface area (Å²) in [6, 6.07) is 8.26. The Bertz CT molecular complexity index is 454. The van der Waals surface area contributed by atoms with Crippen LogP contribution in [0, 0.1) is 6.92 Å². The Morgan fingerprint density at radius 1 is 1.13 bits per heavy atom. The molecule has 0 bridgehead atoms. The number of aryl methyl sites for hydroxylation is 1. The fourth-order valence-electron chi connectivity index (χ4n) is 1.14. The van der Waals surface area contributed by atoms with Crippen molar-refractivity contribution in [2.24, 2.45) is 0 Å². The maximum atomic E-state index is 5.55. The van der Waals surface area contributed by atoms with E-state index in [0.29, 0.717) is 5.82 Å². The zero-order valence-electron chi connectivity index (χ0n) is 8.34. The molecule has 1 aromatic heterocycles. The van der Waals surface area contributed by atoms with E-state index in [1.807, 2.05) is 0 Å². The predicted molar refractivity (Wildman–Crippen MR) is 61.7 cm³/mol. The van der Waals surface area contributed by atoms with Gasteiger partial charge in [-0.1, -0.05) is 29.5 Å². The van der Waals surface area contributed by atoms with Gasteiger partial charge in [-0.15, -0.1) is 0 Å². The highest BCUT2D eigenvalue weighted by Gasteiger charge is 1.99. The van der Waals surface area contributed by atoms with Crippen molar-refractivity contribution in [1.82, 2.24) is 9.97 Å². The highest BCUT2D eigenvalue weighted by Crippen LogP contribution is 2.25. The fourth-order valence-corrected chi connectivity index (χ4v) is 1.92. The Hall–Kier alpha value is -1.55. The average Bonchev–Trinajstić information content (AvgIpc) is 2.22. The van der Waals surface area contributed by atoms with Gasteiger partial charge in [0.05, 0.1) is 12.4 Å². The molecule has 76 valence electrons. The van der Waals surface area contributed by atoms with E-state index in [-0.39, 0.29) is 0 Å². The predicted octanol–water partition coefficient (Wildman–Crippen LogP) is 2.52. The number of nitrogens with zero attached hydrogens (tertiary/aromatic N) is 2. The van der Waals surface area contributed by atoms with Crippen molar-refractivity contribution < 1.29 is 0 Å². The quantitative estimate of drug-likeness (QED) is 0.839. The molecule has 0 fully saturated rings. The standard InChI is InChI=1S/C11H11N3S/c1-8-2-4-9(5-3-8)15-11-7-13-6-10(12)14-11/h2-7H,1H3,(H2,12,14). The Labute approximate surface area is 92.8 Å². The van der Waals surface area contributed by atoms with Crippen LogP contribution in [0.2, 0.25) is 0 Å². The first kappa shape index (κ1) is 9.98. The van der Waals surface area contributed by atoms with Gasteiger partial charge in [-0.2, -0.15) is 0 Å². The molecule has 0 amide bonds. The van der Waals surface area contributed by atoms with Crippen molar-refractivity contribution in [2.45, 2.75) is 16.8 Å². The van der Waals surface area contributed by atoms with Gasteiger partial charge in [-0.25, -0.2) is 4.98 Å². The molecule has 1 aromatic carbocycles. The van der Waals surface area contributed by atoms with Crippen LogP contribution in [0.4, 0.5) is 5.82 Å². The summed E-state index contributed by atoms with van der Waals surface area (Å²) in [5.41, 5.74) is 6.80. The number of nitrogen functional groups attached to an aromatic ring is 1. The summed E-state index contributed by atoms with van der Waals surface area (Å²) in [5.74, 6) is 0.451. The molecule has 0 saturated carbocycles. The van der Waals surface area contributed by atoms with E-state index < -0.39 is 0 Å². The van der Waals surface area contributed by atoms with Gasteiger partial charge in [-0.3, -0.25) is 4.98 Å². The SMILES string of the molecule is Cc1ccc(Sc2cncc(N)n2)cc1. The van der Waals surface area contributed by atoms with E-state index in [2.05, 4.69) is 41.2 Å². The van der Waals surface area contributed by atoms with Crippen LogP contribution in [0.3, 0.4) is 0 Å². The molecule has 0 unspecified atom stereocenters. The third-order valence-electron chi connectivity index (χ3n) is 1.87. The van der Waals surface area contributed by atoms with Crippen molar-refractivity contribution in [3.8, 4) is 0 Å². The molecule has 2 rings (SSSR count). The molecule has 0 spiro atoms. The Morgan fingerprint density at radius 2 is 1.87 bits per heavy atom. The molecule has 0 atom stereocenters. The van der Waals surface area contributed by atoms with E-state index in [1.54, 1.807) is 24.2 Å². The van der Waals surface area contributed by atoms with Crippen LogP contribution < -0.4 is 5.73 Å². The third-order valence-corrected chi connectivity index (χ3v) is 2.79. The maximum absolute atomic E-state index is 5.55. The molecule has 1 heterocycles. The molecule has 0 aliphatic heterocycles. The first-order valence-corrected chi connectivity index (χ1v) is 5.38. The lowest BCUT2D eigenvalue weighted by molar-refractivity contribution is 1.07. The van der Waals surface area contributed by atoms with Gasteiger partial charge in [0.15, 0.2) is 0 Å². The number of hydrogen-bond acceptors (Lipinski definition) is 4. The van der Waals surface area contributed by atoms with E-state index in [9.17, 15) is 0 Å². The topological polar surface area (TPSA) is 51.8 Å². The lowest BCUT2D eigenvalue weighted by atomic mass is 10.2. The van der Waals surface area contributed by atoms with Gasteiger partial charge in [-0.05, 0) is 19.1 Å². The fraction of sp³-hybridized carbons (Fsp3) is 0.0909. The van der Waals surface area contributed by atoms with Crippen LogP contribution in [-0.2, 0) is 0 Å². The van der Waals surface area contributed by atoms with E-state index in [4.69, 9.17) is 5.73 Å². The Morgan fingerprint density at radius 3 is 2.53 bits per heavy atom. The van der Waals surface area contributed by atoms with Gasteiger partial charge >= 0.3 is 0 Å². The minimum atomic E-state index is 0.451. The first-order chi connectivity index (χ1) is 7.24. The van der Waals surface area contributed by atoms with Crippen molar-refractivity contribution in [1.29, 1.82) is 0 Å². The molecular weight excluding hydrogens is 206 g/mol. The van der Waals surface area contributed by atoms with Crippen LogP contribution in [0.25, 0.3) is 0 Å². The summed E-state index contributed by atoms with van der Waals surface area (Å²) in [6.45, 7) is 2.06. The number of hydrogen-bond donors (Lipinski definition) is 1. The molecule has 15 heavy (non-hydrogen) atoms. The summed E-state index contributed by atoms with van der Waals surface area (Å²) in [4.78, 5) is 9.30. The molecule has 2 aromatic rings. The second kappa shape index (κ2) is 4.31. The van der Waals surface area contributed by atoms with Crippen molar-refractivity contribution >= 4 is 17.6 Å². The number of aromatic nitrogens is 2. The van der Waals surface area contributed by atoms with Gasteiger partial charge in [0.1, 0.15) is 10.8 Å². The number of anilines is 1.